The number of benzene rings is 1. The van der Waals surface area contributed by atoms with Gasteiger partial charge in [0, 0.05) is 31.9 Å². The molecule has 0 aliphatic rings. The van der Waals surface area contributed by atoms with Crippen LogP contribution in [0, 0.1) is 12.7 Å². The summed E-state index contributed by atoms with van der Waals surface area (Å²) in [5.41, 5.74) is 1.97. The van der Waals surface area contributed by atoms with Crippen molar-refractivity contribution >= 4 is 41.3 Å². The summed E-state index contributed by atoms with van der Waals surface area (Å²) in [6.45, 7) is 3.29. The lowest BCUT2D eigenvalue weighted by Crippen LogP contribution is -2.37. The lowest BCUT2D eigenvalue weighted by Gasteiger charge is -2.11. The molecule has 2 rings (SSSR count). The fourth-order valence-corrected chi connectivity index (χ4v) is 2.53. The van der Waals surface area contributed by atoms with E-state index in [-0.39, 0.29) is 29.8 Å². The Morgan fingerprint density at radius 1 is 1.36 bits per heavy atom. The van der Waals surface area contributed by atoms with Crippen LogP contribution in [0.2, 0.25) is 0 Å². The maximum absolute atomic E-state index is 13.1. The number of hydrogen-bond donors (Lipinski definition) is 2. The number of nitrogens with one attached hydrogen (secondary N) is 2. The molecule has 0 atom stereocenters. The average Bonchev–Trinajstić information content (AvgIpc) is 2.88. The molecule has 120 valence electrons. The first kappa shape index (κ1) is 18.8. The molecule has 7 heteroatoms. The van der Waals surface area contributed by atoms with Crippen molar-refractivity contribution in [3.05, 3.63) is 51.7 Å². The summed E-state index contributed by atoms with van der Waals surface area (Å²) in [6.07, 6.45) is 0.852. The van der Waals surface area contributed by atoms with Crippen molar-refractivity contribution in [1.29, 1.82) is 0 Å². The molecular formula is C15H20FIN4S. The Kier molecular flexibility index (Phi) is 8.32. The summed E-state index contributed by atoms with van der Waals surface area (Å²) in [4.78, 5) is 8.56. The van der Waals surface area contributed by atoms with Crippen molar-refractivity contribution in [3.63, 3.8) is 0 Å². The molecular weight excluding hydrogens is 414 g/mol. The van der Waals surface area contributed by atoms with Gasteiger partial charge in [-0.25, -0.2) is 9.37 Å². The number of hydrogen-bond acceptors (Lipinski definition) is 3. The fourth-order valence-electron chi connectivity index (χ4n) is 1.89. The molecule has 1 aromatic heterocycles. The van der Waals surface area contributed by atoms with Crippen molar-refractivity contribution in [2.24, 2.45) is 4.99 Å². The van der Waals surface area contributed by atoms with Crippen molar-refractivity contribution in [1.82, 2.24) is 15.6 Å². The maximum atomic E-state index is 13.1. The van der Waals surface area contributed by atoms with Gasteiger partial charge < -0.3 is 10.6 Å². The van der Waals surface area contributed by atoms with Gasteiger partial charge in [-0.15, -0.1) is 35.3 Å². The Labute approximate surface area is 151 Å². The summed E-state index contributed by atoms with van der Waals surface area (Å²) in [6, 6.07) is 6.53. The fraction of sp³-hybridized carbons (Fsp3) is 0.333. The van der Waals surface area contributed by atoms with Crippen molar-refractivity contribution in [2.75, 3.05) is 13.6 Å². The molecule has 2 aromatic rings. The highest BCUT2D eigenvalue weighted by atomic mass is 127. The number of aryl methyl sites for hydroxylation is 1. The molecule has 0 aliphatic carbocycles. The van der Waals surface area contributed by atoms with Crippen molar-refractivity contribution < 1.29 is 4.39 Å². The second kappa shape index (κ2) is 9.73. The van der Waals surface area contributed by atoms with E-state index in [4.69, 9.17) is 0 Å². The van der Waals surface area contributed by atoms with E-state index in [1.54, 1.807) is 24.5 Å². The van der Waals surface area contributed by atoms with Gasteiger partial charge >= 0.3 is 0 Å². The van der Waals surface area contributed by atoms with Gasteiger partial charge in [-0.3, -0.25) is 4.99 Å². The molecule has 2 N–H and O–H groups in total. The van der Waals surface area contributed by atoms with Crippen LogP contribution < -0.4 is 10.6 Å². The summed E-state index contributed by atoms with van der Waals surface area (Å²) in [5.74, 6) is 0.474. The van der Waals surface area contributed by atoms with E-state index in [0.29, 0.717) is 12.5 Å². The van der Waals surface area contributed by atoms with E-state index in [2.05, 4.69) is 26.0 Å². The van der Waals surface area contributed by atoms with Crippen LogP contribution in [0.5, 0.6) is 0 Å². The Hall–Kier alpha value is -1.22. The normalized spacial score (nSPS) is 11.0. The molecule has 4 nitrogen and oxygen atoms in total. The molecule has 0 amide bonds. The molecule has 0 saturated heterocycles. The zero-order valence-corrected chi connectivity index (χ0v) is 15.7. The van der Waals surface area contributed by atoms with E-state index in [0.717, 1.165) is 29.2 Å². The Balaban J connectivity index is 0.00000242. The number of rotatable bonds is 5. The van der Waals surface area contributed by atoms with E-state index in [1.165, 1.54) is 12.1 Å². The van der Waals surface area contributed by atoms with Crippen LogP contribution in [0.3, 0.4) is 0 Å². The van der Waals surface area contributed by atoms with Crippen LogP contribution >= 0.6 is 35.3 Å². The molecule has 0 aliphatic heterocycles. The van der Waals surface area contributed by atoms with E-state index >= 15 is 0 Å². The SMILES string of the molecule is CN=C(NCCc1csc(C)n1)NCc1cccc(F)c1.I. The molecule has 0 radical (unpaired) electrons. The van der Waals surface area contributed by atoms with Crippen LogP contribution in [0.25, 0.3) is 0 Å². The highest BCUT2D eigenvalue weighted by molar-refractivity contribution is 14.0. The summed E-state index contributed by atoms with van der Waals surface area (Å²) in [7, 11) is 1.72. The molecule has 0 unspecified atom stereocenters. The lowest BCUT2D eigenvalue weighted by molar-refractivity contribution is 0.624. The van der Waals surface area contributed by atoms with Gasteiger partial charge in [0.25, 0.3) is 0 Å². The highest BCUT2D eigenvalue weighted by Crippen LogP contribution is 2.07. The average molecular weight is 434 g/mol. The third kappa shape index (κ3) is 6.27. The van der Waals surface area contributed by atoms with Crippen LogP contribution in [-0.2, 0) is 13.0 Å². The molecule has 0 bridgehead atoms. The van der Waals surface area contributed by atoms with Crippen molar-refractivity contribution in [2.45, 2.75) is 19.9 Å². The molecule has 0 fully saturated rings. The minimum absolute atomic E-state index is 0. The van der Waals surface area contributed by atoms with Gasteiger partial charge in [0.2, 0.25) is 0 Å². The van der Waals surface area contributed by atoms with Gasteiger partial charge in [-0.1, -0.05) is 12.1 Å². The Bertz CT molecular complexity index is 615. The molecule has 1 aromatic carbocycles. The minimum Gasteiger partial charge on any atom is -0.356 e. The van der Waals surface area contributed by atoms with Crippen LogP contribution in [0.1, 0.15) is 16.3 Å². The zero-order chi connectivity index (χ0) is 15.1. The van der Waals surface area contributed by atoms with Gasteiger partial charge in [0.15, 0.2) is 5.96 Å². The number of halogens is 2. The van der Waals surface area contributed by atoms with E-state index in [9.17, 15) is 4.39 Å². The largest absolute Gasteiger partial charge is 0.356 e. The van der Waals surface area contributed by atoms with Crippen LogP contribution in [0.4, 0.5) is 4.39 Å². The van der Waals surface area contributed by atoms with Gasteiger partial charge in [-0.2, -0.15) is 0 Å². The first-order chi connectivity index (χ1) is 10.2. The van der Waals surface area contributed by atoms with E-state index < -0.39 is 0 Å². The predicted molar refractivity (Wildman–Crippen MR) is 101 cm³/mol. The van der Waals surface area contributed by atoms with Gasteiger partial charge in [0.05, 0.1) is 10.7 Å². The van der Waals surface area contributed by atoms with Crippen LogP contribution in [-0.4, -0.2) is 24.5 Å². The van der Waals surface area contributed by atoms with Gasteiger partial charge in [0.1, 0.15) is 5.82 Å². The second-order valence-corrected chi connectivity index (χ2v) is 5.65. The minimum atomic E-state index is -0.226. The maximum Gasteiger partial charge on any atom is 0.191 e. The predicted octanol–water partition coefficient (Wildman–Crippen LogP) is 3.12. The first-order valence-electron chi connectivity index (χ1n) is 6.77. The molecule has 0 saturated carbocycles. The first-order valence-corrected chi connectivity index (χ1v) is 7.65. The lowest BCUT2D eigenvalue weighted by atomic mass is 10.2. The number of aromatic nitrogens is 1. The zero-order valence-electron chi connectivity index (χ0n) is 12.6. The topological polar surface area (TPSA) is 49.3 Å². The summed E-state index contributed by atoms with van der Waals surface area (Å²) < 4.78 is 13.1. The Morgan fingerprint density at radius 2 is 2.18 bits per heavy atom. The number of guanidine groups is 1. The van der Waals surface area contributed by atoms with Gasteiger partial charge in [-0.05, 0) is 24.6 Å². The third-order valence-electron chi connectivity index (χ3n) is 2.91. The van der Waals surface area contributed by atoms with Crippen molar-refractivity contribution in [3.8, 4) is 0 Å². The quantitative estimate of drug-likeness (QED) is 0.432. The monoisotopic (exact) mass is 434 g/mol. The summed E-state index contributed by atoms with van der Waals surface area (Å²) >= 11 is 1.66. The molecule has 1 heterocycles. The van der Waals surface area contributed by atoms with E-state index in [1.807, 2.05) is 13.0 Å². The number of nitrogens with zero attached hydrogens (tertiary/aromatic N) is 2. The standard InChI is InChI=1S/C15H19FN4S.HI/c1-11-20-14(10-21-11)6-7-18-15(17-2)19-9-12-4-3-5-13(16)8-12;/h3-5,8,10H,6-7,9H2,1-2H3,(H2,17,18,19);1H. The highest BCUT2D eigenvalue weighted by Gasteiger charge is 2.01. The molecule has 22 heavy (non-hydrogen) atoms. The number of thiazole rings is 1. The smallest absolute Gasteiger partial charge is 0.191 e. The third-order valence-corrected chi connectivity index (χ3v) is 3.74. The summed E-state index contributed by atoms with van der Waals surface area (Å²) in [5, 5.41) is 9.53. The second-order valence-electron chi connectivity index (χ2n) is 4.59. The molecule has 0 spiro atoms. The van der Waals surface area contributed by atoms with Crippen LogP contribution in [0.15, 0.2) is 34.6 Å². The number of aliphatic imine (C=N–C) groups is 1. The Morgan fingerprint density at radius 3 is 2.82 bits per heavy atom.